The smallest absolute Gasteiger partial charge is 0.315 e. The van der Waals surface area contributed by atoms with Crippen LogP contribution in [0.4, 0.5) is 0 Å². The fourth-order valence-electron chi connectivity index (χ4n) is 3.08. The molecule has 0 bridgehead atoms. The highest BCUT2D eigenvalue weighted by molar-refractivity contribution is 5.88. The molecule has 18 heavy (non-hydrogen) atoms. The third kappa shape index (κ3) is 1.32. The number of fused-ring (bicyclic) bond motifs is 1. The second-order valence-corrected chi connectivity index (χ2v) is 5.20. The van der Waals surface area contributed by atoms with Crippen molar-refractivity contribution in [3.8, 4) is 0 Å². The maximum atomic E-state index is 11.6. The summed E-state index contributed by atoms with van der Waals surface area (Å²) < 4.78 is 1.98. The van der Waals surface area contributed by atoms with Gasteiger partial charge in [-0.25, -0.2) is 0 Å². The monoisotopic (exact) mass is 244 g/mol. The lowest BCUT2D eigenvalue weighted by atomic mass is 9.63. The fourth-order valence-corrected chi connectivity index (χ4v) is 3.08. The van der Waals surface area contributed by atoms with Crippen LogP contribution in [0, 0.1) is 0 Å². The Morgan fingerprint density at radius 1 is 1.44 bits per heavy atom. The highest BCUT2D eigenvalue weighted by Gasteiger charge is 2.52. The van der Waals surface area contributed by atoms with Gasteiger partial charge in [0.15, 0.2) is 0 Å². The molecule has 0 unspecified atom stereocenters. The average molecular weight is 244 g/mol. The van der Waals surface area contributed by atoms with Crippen molar-refractivity contribution < 1.29 is 9.90 Å². The standard InChI is InChI=1S/C14H16N2O2/c1-16-11-5-3-2-4-9(11)6-12(16)14(13(17)18)7-10(15)8-14/h2-6,10H,7-8,15H2,1H3,(H,17,18). The molecule has 1 fully saturated rings. The Morgan fingerprint density at radius 3 is 2.67 bits per heavy atom. The molecule has 0 amide bonds. The van der Waals surface area contributed by atoms with Crippen molar-refractivity contribution in [2.45, 2.75) is 24.3 Å². The summed E-state index contributed by atoms with van der Waals surface area (Å²) in [4.78, 5) is 11.6. The number of nitrogens with zero attached hydrogens (tertiary/aromatic N) is 1. The number of carbonyl (C=O) groups is 1. The Morgan fingerprint density at radius 2 is 2.11 bits per heavy atom. The Bertz CT molecular complexity index is 624. The zero-order valence-electron chi connectivity index (χ0n) is 10.3. The molecule has 1 aliphatic rings. The van der Waals surface area contributed by atoms with Gasteiger partial charge in [0.2, 0.25) is 0 Å². The van der Waals surface area contributed by atoms with Gasteiger partial charge >= 0.3 is 5.97 Å². The minimum atomic E-state index is -0.798. The van der Waals surface area contributed by atoms with Gasteiger partial charge in [-0.05, 0) is 30.4 Å². The van der Waals surface area contributed by atoms with Crippen LogP contribution in [0.1, 0.15) is 18.5 Å². The van der Waals surface area contributed by atoms with Crippen LogP contribution in [0.15, 0.2) is 30.3 Å². The van der Waals surface area contributed by atoms with Crippen LogP contribution in [0.25, 0.3) is 10.9 Å². The Balaban J connectivity index is 2.19. The molecule has 94 valence electrons. The normalized spacial score (nSPS) is 27.1. The Labute approximate surface area is 105 Å². The molecule has 1 aromatic carbocycles. The number of aryl methyl sites for hydroxylation is 1. The van der Waals surface area contributed by atoms with E-state index < -0.39 is 11.4 Å². The summed E-state index contributed by atoms with van der Waals surface area (Å²) in [7, 11) is 1.92. The van der Waals surface area contributed by atoms with Crippen LogP contribution >= 0.6 is 0 Å². The van der Waals surface area contributed by atoms with Crippen LogP contribution in [0.5, 0.6) is 0 Å². The molecular formula is C14H16N2O2. The summed E-state index contributed by atoms with van der Waals surface area (Å²) in [5.74, 6) is -0.768. The molecule has 0 atom stereocenters. The molecule has 4 nitrogen and oxygen atoms in total. The van der Waals surface area contributed by atoms with Gasteiger partial charge in [-0.15, -0.1) is 0 Å². The van der Waals surface area contributed by atoms with Crippen molar-refractivity contribution in [3.05, 3.63) is 36.0 Å². The number of carboxylic acids is 1. The molecule has 0 radical (unpaired) electrons. The van der Waals surface area contributed by atoms with Gasteiger partial charge in [-0.2, -0.15) is 0 Å². The van der Waals surface area contributed by atoms with E-state index in [1.807, 2.05) is 41.9 Å². The van der Waals surface area contributed by atoms with Gasteiger partial charge in [0, 0.05) is 24.3 Å². The first-order valence-electron chi connectivity index (χ1n) is 6.08. The van der Waals surface area contributed by atoms with E-state index in [2.05, 4.69) is 0 Å². The topological polar surface area (TPSA) is 68.2 Å². The van der Waals surface area contributed by atoms with E-state index in [9.17, 15) is 9.90 Å². The van der Waals surface area contributed by atoms with Gasteiger partial charge in [0.1, 0.15) is 5.41 Å². The molecule has 0 spiro atoms. The average Bonchev–Trinajstić information content (AvgIpc) is 2.63. The molecule has 0 aliphatic heterocycles. The minimum absolute atomic E-state index is 0.000822. The number of para-hydroxylation sites is 1. The minimum Gasteiger partial charge on any atom is -0.481 e. The van der Waals surface area contributed by atoms with E-state index in [0.717, 1.165) is 16.6 Å². The molecule has 0 saturated heterocycles. The number of benzene rings is 1. The van der Waals surface area contributed by atoms with Crippen LogP contribution in [0.3, 0.4) is 0 Å². The third-order valence-corrected chi connectivity index (χ3v) is 4.07. The summed E-state index contributed by atoms with van der Waals surface area (Å²) in [6, 6.07) is 9.92. The van der Waals surface area contributed by atoms with Crippen LogP contribution in [-0.4, -0.2) is 21.7 Å². The highest BCUT2D eigenvalue weighted by Crippen LogP contribution is 2.44. The molecule has 1 saturated carbocycles. The highest BCUT2D eigenvalue weighted by atomic mass is 16.4. The second kappa shape index (κ2) is 3.59. The second-order valence-electron chi connectivity index (χ2n) is 5.20. The molecule has 4 heteroatoms. The predicted molar refractivity (Wildman–Crippen MR) is 69.4 cm³/mol. The van der Waals surface area contributed by atoms with Crippen molar-refractivity contribution in [1.82, 2.24) is 4.57 Å². The lowest BCUT2D eigenvalue weighted by Gasteiger charge is -2.42. The van der Waals surface area contributed by atoms with Gasteiger partial charge in [0.25, 0.3) is 0 Å². The van der Waals surface area contributed by atoms with Crippen molar-refractivity contribution in [1.29, 1.82) is 0 Å². The van der Waals surface area contributed by atoms with Crippen molar-refractivity contribution in [3.63, 3.8) is 0 Å². The van der Waals surface area contributed by atoms with Gasteiger partial charge < -0.3 is 15.4 Å². The first-order chi connectivity index (χ1) is 8.54. The molecule has 1 aromatic heterocycles. The zero-order valence-corrected chi connectivity index (χ0v) is 10.3. The first-order valence-corrected chi connectivity index (χ1v) is 6.08. The van der Waals surface area contributed by atoms with E-state index >= 15 is 0 Å². The Hall–Kier alpha value is -1.81. The number of hydrogen-bond acceptors (Lipinski definition) is 2. The van der Waals surface area contributed by atoms with Gasteiger partial charge in [-0.3, -0.25) is 4.79 Å². The van der Waals surface area contributed by atoms with E-state index in [4.69, 9.17) is 5.73 Å². The molecule has 1 aliphatic carbocycles. The first kappa shape index (κ1) is 11.3. The lowest BCUT2D eigenvalue weighted by molar-refractivity contribution is -0.148. The molecule has 1 heterocycles. The third-order valence-electron chi connectivity index (χ3n) is 4.07. The van der Waals surface area contributed by atoms with E-state index in [0.29, 0.717) is 12.8 Å². The fraction of sp³-hybridized carbons (Fsp3) is 0.357. The quantitative estimate of drug-likeness (QED) is 0.843. The van der Waals surface area contributed by atoms with Crippen LogP contribution in [0.2, 0.25) is 0 Å². The maximum Gasteiger partial charge on any atom is 0.315 e. The van der Waals surface area contributed by atoms with Crippen molar-refractivity contribution in [2.75, 3.05) is 0 Å². The maximum absolute atomic E-state index is 11.6. The molecular weight excluding hydrogens is 228 g/mol. The predicted octanol–water partition coefficient (Wildman–Crippen LogP) is 1.62. The van der Waals surface area contributed by atoms with E-state index in [1.165, 1.54) is 0 Å². The summed E-state index contributed by atoms with van der Waals surface area (Å²) >= 11 is 0. The summed E-state index contributed by atoms with van der Waals surface area (Å²) in [6.45, 7) is 0. The van der Waals surface area contributed by atoms with Crippen LogP contribution < -0.4 is 5.73 Å². The zero-order chi connectivity index (χ0) is 12.9. The van der Waals surface area contributed by atoms with E-state index in [1.54, 1.807) is 0 Å². The van der Waals surface area contributed by atoms with E-state index in [-0.39, 0.29) is 6.04 Å². The summed E-state index contributed by atoms with van der Waals surface area (Å²) in [6.07, 6.45) is 1.04. The van der Waals surface area contributed by atoms with Gasteiger partial charge in [0.05, 0.1) is 0 Å². The summed E-state index contributed by atoms with van der Waals surface area (Å²) in [5.41, 5.74) is 6.93. The largest absolute Gasteiger partial charge is 0.481 e. The van der Waals surface area contributed by atoms with Crippen molar-refractivity contribution in [2.24, 2.45) is 12.8 Å². The number of carboxylic acid groups (broad SMARTS) is 1. The SMILES string of the molecule is Cn1c(C2(C(=O)O)CC(N)C2)cc2ccccc21. The van der Waals surface area contributed by atoms with Crippen LogP contribution in [-0.2, 0) is 17.3 Å². The Kier molecular flexibility index (Phi) is 2.25. The number of nitrogens with two attached hydrogens (primary N) is 1. The lowest BCUT2D eigenvalue weighted by Crippen LogP contribution is -2.54. The number of rotatable bonds is 2. The summed E-state index contributed by atoms with van der Waals surface area (Å²) in [5, 5.41) is 10.6. The number of hydrogen-bond donors (Lipinski definition) is 2. The van der Waals surface area contributed by atoms with Crippen molar-refractivity contribution >= 4 is 16.9 Å². The molecule has 3 rings (SSSR count). The molecule has 2 aromatic rings. The molecule has 3 N–H and O–H groups in total. The van der Waals surface area contributed by atoms with Gasteiger partial charge in [-0.1, -0.05) is 18.2 Å². The number of aromatic nitrogens is 1. The number of aliphatic carboxylic acids is 1.